The largest absolute Gasteiger partial charge is 0.495 e. The molecule has 0 N–H and O–H groups in total. The van der Waals surface area contributed by atoms with Crippen molar-refractivity contribution in [1.82, 2.24) is 9.88 Å². The highest BCUT2D eigenvalue weighted by atomic mass is 19.1. The Balaban J connectivity index is 1.68. The molecule has 0 aliphatic carbocycles. The highest BCUT2D eigenvalue weighted by Gasteiger charge is 2.24. The Hall–Kier alpha value is -2.63. The first-order valence-electron chi connectivity index (χ1n) is 7.89. The molecule has 1 aromatic carbocycles. The van der Waals surface area contributed by atoms with Crippen molar-refractivity contribution >= 4 is 11.6 Å². The Bertz CT molecular complexity index is 743. The lowest BCUT2D eigenvalue weighted by Crippen LogP contribution is -2.49. The second kappa shape index (κ2) is 6.86. The maximum absolute atomic E-state index is 13.3. The highest BCUT2D eigenvalue weighted by Crippen LogP contribution is 2.28. The number of ether oxygens (including phenoxy) is 1. The molecule has 6 heteroatoms. The SMILES string of the molecule is COc1ccccc1N1CCN(C(=O)c2cc(C)c(F)cn2)CC1. The van der Waals surface area contributed by atoms with Gasteiger partial charge in [-0.2, -0.15) is 0 Å². The Kier molecular flexibility index (Phi) is 4.64. The van der Waals surface area contributed by atoms with Crippen LogP contribution in [0.25, 0.3) is 0 Å². The minimum absolute atomic E-state index is 0.155. The van der Waals surface area contributed by atoms with Crippen molar-refractivity contribution in [2.45, 2.75) is 6.92 Å². The number of methoxy groups -OCH3 is 1. The van der Waals surface area contributed by atoms with Gasteiger partial charge in [0.25, 0.3) is 5.91 Å². The third-order valence-corrected chi connectivity index (χ3v) is 4.26. The van der Waals surface area contributed by atoms with E-state index in [0.717, 1.165) is 17.6 Å². The first-order valence-corrected chi connectivity index (χ1v) is 7.89. The van der Waals surface area contributed by atoms with E-state index in [1.807, 2.05) is 24.3 Å². The third-order valence-electron chi connectivity index (χ3n) is 4.26. The van der Waals surface area contributed by atoms with Gasteiger partial charge < -0.3 is 14.5 Å². The summed E-state index contributed by atoms with van der Waals surface area (Å²) in [7, 11) is 1.65. The average Bonchev–Trinajstić information content (AvgIpc) is 2.63. The number of aryl methyl sites for hydroxylation is 1. The average molecular weight is 329 g/mol. The van der Waals surface area contributed by atoms with E-state index in [-0.39, 0.29) is 5.91 Å². The van der Waals surface area contributed by atoms with Crippen LogP contribution < -0.4 is 9.64 Å². The predicted octanol–water partition coefficient (Wildman–Crippen LogP) is 2.50. The Labute approximate surface area is 140 Å². The molecule has 1 saturated heterocycles. The van der Waals surface area contributed by atoms with Crippen LogP contribution in [-0.2, 0) is 0 Å². The summed E-state index contributed by atoms with van der Waals surface area (Å²) in [5, 5.41) is 0. The van der Waals surface area contributed by atoms with Crippen molar-refractivity contribution in [3.63, 3.8) is 0 Å². The van der Waals surface area contributed by atoms with Crippen LogP contribution in [0.2, 0.25) is 0 Å². The second-order valence-corrected chi connectivity index (χ2v) is 5.77. The summed E-state index contributed by atoms with van der Waals surface area (Å²) in [4.78, 5) is 20.4. The van der Waals surface area contributed by atoms with Gasteiger partial charge in [0.05, 0.1) is 19.0 Å². The molecule has 3 rings (SSSR count). The Morgan fingerprint density at radius 1 is 1.21 bits per heavy atom. The molecule has 0 radical (unpaired) electrons. The van der Waals surface area contributed by atoms with E-state index < -0.39 is 5.82 Å². The van der Waals surface area contributed by atoms with E-state index >= 15 is 0 Å². The van der Waals surface area contributed by atoms with Crippen LogP contribution in [-0.4, -0.2) is 49.1 Å². The molecule has 1 aliphatic heterocycles. The van der Waals surface area contributed by atoms with E-state index in [2.05, 4.69) is 9.88 Å². The molecule has 0 spiro atoms. The van der Waals surface area contributed by atoms with Crippen LogP contribution in [0.3, 0.4) is 0 Å². The van der Waals surface area contributed by atoms with Gasteiger partial charge in [0, 0.05) is 26.2 Å². The van der Waals surface area contributed by atoms with E-state index in [9.17, 15) is 9.18 Å². The van der Waals surface area contributed by atoms with Gasteiger partial charge in [0.1, 0.15) is 17.3 Å². The molecular weight excluding hydrogens is 309 g/mol. The molecule has 1 amide bonds. The lowest BCUT2D eigenvalue weighted by molar-refractivity contribution is 0.0740. The van der Waals surface area contributed by atoms with E-state index in [1.54, 1.807) is 18.9 Å². The number of amides is 1. The van der Waals surface area contributed by atoms with Crippen molar-refractivity contribution in [3.05, 3.63) is 53.6 Å². The first kappa shape index (κ1) is 16.2. The van der Waals surface area contributed by atoms with Crippen LogP contribution in [0.4, 0.5) is 10.1 Å². The van der Waals surface area contributed by atoms with Crippen molar-refractivity contribution in [2.24, 2.45) is 0 Å². The standard InChI is InChI=1S/C18H20FN3O2/c1-13-11-15(20-12-14(13)19)18(23)22-9-7-21(8-10-22)16-5-3-4-6-17(16)24-2/h3-6,11-12H,7-10H2,1-2H3. The first-order chi connectivity index (χ1) is 11.6. The van der Waals surface area contributed by atoms with E-state index in [0.29, 0.717) is 37.4 Å². The molecule has 0 atom stereocenters. The third kappa shape index (κ3) is 3.18. The van der Waals surface area contributed by atoms with E-state index in [1.165, 1.54) is 6.07 Å². The molecule has 5 nitrogen and oxygen atoms in total. The molecular formula is C18H20FN3O2. The zero-order valence-electron chi connectivity index (χ0n) is 13.8. The number of nitrogens with zero attached hydrogens (tertiary/aromatic N) is 3. The van der Waals surface area contributed by atoms with Gasteiger partial charge >= 0.3 is 0 Å². The topological polar surface area (TPSA) is 45.7 Å². The zero-order valence-corrected chi connectivity index (χ0v) is 13.8. The molecule has 24 heavy (non-hydrogen) atoms. The molecule has 1 aromatic heterocycles. The number of carbonyl (C=O) groups is 1. The number of para-hydroxylation sites is 2. The van der Waals surface area contributed by atoms with Gasteiger partial charge in [-0.3, -0.25) is 4.79 Å². The van der Waals surface area contributed by atoms with Crippen LogP contribution in [0.5, 0.6) is 5.75 Å². The lowest BCUT2D eigenvalue weighted by atomic mass is 10.2. The Morgan fingerprint density at radius 3 is 2.58 bits per heavy atom. The molecule has 126 valence electrons. The van der Waals surface area contributed by atoms with Crippen LogP contribution in [0.15, 0.2) is 36.5 Å². The number of halogens is 1. The maximum atomic E-state index is 13.3. The van der Waals surface area contributed by atoms with Crippen molar-refractivity contribution in [1.29, 1.82) is 0 Å². The van der Waals surface area contributed by atoms with Crippen LogP contribution in [0, 0.1) is 12.7 Å². The van der Waals surface area contributed by atoms with E-state index in [4.69, 9.17) is 4.74 Å². The number of pyridine rings is 1. The number of hydrogen-bond acceptors (Lipinski definition) is 4. The summed E-state index contributed by atoms with van der Waals surface area (Å²) in [6.45, 7) is 4.25. The van der Waals surface area contributed by atoms with Gasteiger partial charge in [-0.25, -0.2) is 9.37 Å². The van der Waals surface area contributed by atoms with Gasteiger partial charge in [-0.15, -0.1) is 0 Å². The number of piperazine rings is 1. The summed E-state index contributed by atoms with van der Waals surface area (Å²) in [5.41, 5.74) is 1.75. The number of anilines is 1. The molecule has 2 heterocycles. The summed E-state index contributed by atoms with van der Waals surface area (Å²) in [6.07, 6.45) is 1.10. The molecule has 1 fully saturated rings. The van der Waals surface area contributed by atoms with Gasteiger partial charge in [-0.1, -0.05) is 12.1 Å². The van der Waals surface area contributed by atoms with Crippen molar-refractivity contribution < 1.29 is 13.9 Å². The van der Waals surface area contributed by atoms with Gasteiger partial charge in [0.15, 0.2) is 0 Å². The summed E-state index contributed by atoms with van der Waals surface area (Å²) >= 11 is 0. The summed E-state index contributed by atoms with van der Waals surface area (Å²) < 4.78 is 18.7. The van der Waals surface area contributed by atoms with Gasteiger partial charge in [0.2, 0.25) is 0 Å². The van der Waals surface area contributed by atoms with Crippen LogP contribution in [0.1, 0.15) is 16.1 Å². The summed E-state index contributed by atoms with van der Waals surface area (Å²) in [5.74, 6) is 0.276. The maximum Gasteiger partial charge on any atom is 0.272 e. The molecule has 2 aromatic rings. The Morgan fingerprint density at radius 2 is 1.92 bits per heavy atom. The fourth-order valence-electron chi connectivity index (χ4n) is 2.86. The number of carbonyl (C=O) groups excluding carboxylic acids is 1. The highest BCUT2D eigenvalue weighted by molar-refractivity contribution is 5.92. The minimum Gasteiger partial charge on any atom is -0.495 e. The summed E-state index contributed by atoms with van der Waals surface area (Å²) in [6, 6.07) is 9.36. The van der Waals surface area contributed by atoms with Crippen molar-refractivity contribution in [3.8, 4) is 5.75 Å². The quantitative estimate of drug-likeness (QED) is 0.868. The second-order valence-electron chi connectivity index (χ2n) is 5.77. The number of aromatic nitrogens is 1. The van der Waals surface area contributed by atoms with Crippen molar-refractivity contribution in [2.75, 3.05) is 38.2 Å². The molecule has 0 saturated carbocycles. The monoisotopic (exact) mass is 329 g/mol. The fourth-order valence-corrected chi connectivity index (χ4v) is 2.86. The normalized spacial score (nSPS) is 14.6. The number of benzene rings is 1. The zero-order chi connectivity index (χ0) is 17.1. The molecule has 0 bridgehead atoms. The smallest absolute Gasteiger partial charge is 0.272 e. The molecule has 1 aliphatic rings. The predicted molar refractivity (Wildman–Crippen MR) is 90.0 cm³/mol. The van der Waals surface area contributed by atoms with Gasteiger partial charge in [-0.05, 0) is 30.7 Å². The number of rotatable bonds is 3. The number of hydrogen-bond donors (Lipinski definition) is 0. The van der Waals surface area contributed by atoms with Crippen LogP contribution >= 0.6 is 0 Å². The fraction of sp³-hybridized carbons (Fsp3) is 0.333. The lowest BCUT2D eigenvalue weighted by Gasteiger charge is -2.36. The molecule has 0 unspecified atom stereocenters. The minimum atomic E-state index is -0.396.